The number of ether oxygens (including phenoxy) is 4. The van der Waals surface area contributed by atoms with Crippen LogP contribution in [0.25, 0.3) is 0 Å². The molecule has 2 aliphatic rings. The minimum atomic E-state index is -0.757. The van der Waals surface area contributed by atoms with Crippen LogP contribution in [0.3, 0.4) is 0 Å². The summed E-state index contributed by atoms with van der Waals surface area (Å²) in [6, 6.07) is 13.3. The van der Waals surface area contributed by atoms with Gasteiger partial charge in [0.25, 0.3) is 0 Å². The number of benzene rings is 2. The molecule has 7 nitrogen and oxygen atoms in total. The number of allylic oxidation sites excluding steroid dienone is 2. The van der Waals surface area contributed by atoms with Crippen LogP contribution in [0.5, 0.6) is 17.2 Å². The summed E-state index contributed by atoms with van der Waals surface area (Å²) in [6.45, 7) is 8.05. The molecule has 2 aromatic carbocycles. The lowest BCUT2D eigenvalue weighted by Gasteiger charge is -2.40. The Kier molecular flexibility index (Phi) is 7.38. The van der Waals surface area contributed by atoms with Gasteiger partial charge in [-0.25, -0.2) is 0 Å². The van der Waals surface area contributed by atoms with Crippen LogP contribution in [-0.4, -0.2) is 39.2 Å². The van der Waals surface area contributed by atoms with E-state index in [1.807, 2.05) is 56.3 Å². The maximum absolute atomic E-state index is 13.8. The largest absolute Gasteiger partial charge is 0.493 e. The summed E-state index contributed by atoms with van der Waals surface area (Å²) in [5, 5.41) is 3.29. The summed E-state index contributed by atoms with van der Waals surface area (Å²) in [5.74, 6) is 0.0493. The van der Waals surface area contributed by atoms with Gasteiger partial charge in [0.05, 0.1) is 27.4 Å². The fourth-order valence-electron chi connectivity index (χ4n) is 5.23. The predicted octanol–water partition coefficient (Wildman–Crippen LogP) is 4.88. The second-order valence-corrected chi connectivity index (χ2v) is 9.37. The fourth-order valence-corrected chi connectivity index (χ4v) is 5.23. The van der Waals surface area contributed by atoms with Gasteiger partial charge >= 0.3 is 5.97 Å². The van der Waals surface area contributed by atoms with Crippen molar-refractivity contribution >= 4 is 11.8 Å². The van der Waals surface area contributed by atoms with Crippen LogP contribution in [0, 0.1) is 5.92 Å². The summed E-state index contributed by atoms with van der Waals surface area (Å²) >= 11 is 0. The highest BCUT2D eigenvalue weighted by atomic mass is 16.5. The number of para-hydroxylation sites is 1. The molecule has 0 saturated heterocycles. The monoisotopic (exact) mass is 491 g/mol. The molecule has 0 fully saturated rings. The first kappa shape index (κ1) is 25.4. The third-order valence-electron chi connectivity index (χ3n) is 6.79. The van der Waals surface area contributed by atoms with E-state index >= 15 is 0 Å². The van der Waals surface area contributed by atoms with Gasteiger partial charge in [-0.05, 0) is 49.9 Å². The van der Waals surface area contributed by atoms with E-state index in [0.717, 1.165) is 16.8 Å². The topological polar surface area (TPSA) is 83.1 Å². The number of hydrogen-bond acceptors (Lipinski definition) is 7. The lowest BCUT2D eigenvalue weighted by atomic mass is 9.69. The van der Waals surface area contributed by atoms with Gasteiger partial charge in [0.2, 0.25) is 0 Å². The molecule has 0 saturated carbocycles. The number of carbonyl (C=O) groups excluding carboxylic acids is 2. The van der Waals surface area contributed by atoms with E-state index in [9.17, 15) is 9.59 Å². The first-order valence-corrected chi connectivity index (χ1v) is 12.1. The Balaban J connectivity index is 1.81. The molecular formula is C29H33NO6. The van der Waals surface area contributed by atoms with Gasteiger partial charge in [-0.2, -0.15) is 0 Å². The number of nitrogens with one attached hydrogen (secondary N) is 1. The molecule has 4 rings (SSSR count). The molecule has 7 heteroatoms. The molecule has 3 unspecified atom stereocenters. The van der Waals surface area contributed by atoms with E-state index in [4.69, 9.17) is 18.9 Å². The van der Waals surface area contributed by atoms with E-state index < -0.39 is 17.8 Å². The first-order valence-electron chi connectivity index (χ1n) is 12.1. The Morgan fingerprint density at radius 3 is 2.39 bits per heavy atom. The summed E-state index contributed by atoms with van der Waals surface area (Å²) in [6.07, 6.45) is 0.824. The molecule has 0 spiro atoms. The van der Waals surface area contributed by atoms with Gasteiger partial charge < -0.3 is 24.3 Å². The van der Waals surface area contributed by atoms with Crippen molar-refractivity contribution in [3.8, 4) is 17.2 Å². The molecule has 1 aliphatic carbocycles. The van der Waals surface area contributed by atoms with Crippen molar-refractivity contribution < 1.29 is 28.5 Å². The molecule has 0 bridgehead atoms. The van der Waals surface area contributed by atoms with Crippen LogP contribution in [0.15, 0.2) is 66.0 Å². The van der Waals surface area contributed by atoms with E-state index in [1.54, 1.807) is 14.2 Å². The molecule has 0 radical (unpaired) electrons. The average Bonchev–Trinajstić information content (AvgIpc) is 2.86. The van der Waals surface area contributed by atoms with Crippen LogP contribution < -0.4 is 19.5 Å². The smallest absolute Gasteiger partial charge is 0.315 e. The van der Waals surface area contributed by atoms with Crippen molar-refractivity contribution in [2.45, 2.75) is 44.6 Å². The Hall–Kier alpha value is -3.74. The lowest BCUT2D eigenvalue weighted by Crippen LogP contribution is -2.42. The van der Waals surface area contributed by atoms with Crippen molar-refractivity contribution in [2.24, 2.45) is 5.92 Å². The molecule has 36 heavy (non-hydrogen) atoms. The van der Waals surface area contributed by atoms with Crippen LogP contribution in [0.2, 0.25) is 0 Å². The highest BCUT2D eigenvalue weighted by molar-refractivity contribution is 6.01. The third-order valence-corrected chi connectivity index (χ3v) is 6.79. The number of hydrogen-bond donors (Lipinski definition) is 1. The van der Waals surface area contributed by atoms with Crippen LogP contribution in [0.1, 0.15) is 49.7 Å². The molecule has 1 heterocycles. The molecule has 0 amide bonds. The van der Waals surface area contributed by atoms with Crippen molar-refractivity contribution in [3.63, 3.8) is 0 Å². The molecule has 190 valence electrons. The maximum atomic E-state index is 13.8. The molecule has 1 aliphatic heterocycles. The number of carbonyl (C=O) groups is 2. The number of methoxy groups -OCH3 is 3. The summed E-state index contributed by atoms with van der Waals surface area (Å²) in [5.41, 5.74) is 3.63. The van der Waals surface area contributed by atoms with E-state index in [1.165, 1.54) is 7.11 Å². The Morgan fingerprint density at radius 2 is 1.72 bits per heavy atom. The number of rotatable bonds is 7. The number of Topliss-reactive ketones (excluding diaryl/α,β-unsaturated/α-hetero) is 1. The van der Waals surface area contributed by atoms with Crippen LogP contribution in [-0.2, 0) is 14.3 Å². The zero-order chi connectivity index (χ0) is 26.0. The van der Waals surface area contributed by atoms with Gasteiger partial charge in [0.15, 0.2) is 17.3 Å². The standard InChI is InChI=1S/C29H33NO6/c1-16(2)36-23-10-8-7-9-20(23)27-26(29(32)35-6)17(3)30-21-13-19(14-22(31)28(21)27)18-11-12-24(33-4)25(15-18)34-5/h7-12,15-16,19,26-27,30H,3,13-14H2,1-2,4-6H3. The number of ketones is 1. The minimum absolute atomic E-state index is 0.0192. The molecule has 3 atom stereocenters. The van der Waals surface area contributed by atoms with Crippen molar-refractivity contribution in [2.75, 3.05) is 21.3 Å². The quantitative estimate of drug-likeness (QED) is 0.553. The van der Waals surface area contributed by atoms with E-state index in [2.05, 4.69) is 11.9 Å². The van der Waals surface area contributed by atoms with Crippen LogP contribution in [0.4, 0.5) is 0 Å². The first-order chi connectivity index (χ1) is 17.3. The van der Waals surface area contributed by atoms with Gasteiger partial charge in [0.1, 0.15) is 11.7 Å². The Bertz CT molecular complexity index is 1210. The third kappa shape index (κ3) is 4.70. The molecule has 2 aromatic rings. The zero-order valence-corrected chi connectivity index (χ0v) is 21.4. The Morgan fingerprint density at radius 1 is 1.00 bits per heavy atom. The van der Waals surface area contributed by atoms with Gasteiger partial charge in [-0.3, -0.25) is 9.59 Å². The highest BCUT2D eigenvalue weighted by Gasteiger charge is 2.46. The molecular weight excluding hydrogens is 458 g/mol. The fraction of sp³-hybridized carbons (Fsp3) is 0.379. The van der Waals surface area contributed by atoms with Crippen molar-refractivity contribution in [1.82, 2.24) is 5.32 Å². The van der Waals surface area contributed by atoms with E-state index in [-0.39, 0.29) is 17.8 Å². The Labute approximate surface area is 212 Å². The molecule has 0 aromatic heterocycles. The lowest BCUT2D eigenvalue weighted by molar-refractivity contribution is -0.144. The summed E-state index contributed by atoms with van der Waals surface area (Å²) in [7, 11) is 4.53. The predicted molar refractivity (Wildman–Crippen MR) is 136 cm³/mol. The zero-order valence-electron chi connectivity index (χ0n) is 21.4. The van der Waals surface area contributed by atoms with Gasteiger partial charge in [-0.1, -0.05) is 30.8 Å². The molecule has 1 N–H and O–H groups in total. The summed E-state index contributed by atoms with van der Waals surface area (Å²) < 4.78 is 22.1. The van der Waals surface area contributed by atoms with Crippen molar-refractivity contribution in [1.29, 1.82) is 0 Å². The average molecular weight is 492 g/mol. The summed E-state index contributed by atoms with van der Waals surface area (Å²) in [4.78, 5) is 26.8. The SMILES string of the molecule is C=C1NC2=C(C(=O)CC(c3ccc(OC)c(OC)c3)C2)C(c2ccccc2OC(C)C)C1C(=O)OC. The van der Waals surface area contributed by atoms with Gasteiger partial charge in [0, 0.05) is 34.9 Å². The van der Waals surface area contributed by atoms with E-state index in [0.29, 0.717) is 41.4 Å². The minimum Gasteiger partial charge on any atom is -0.493 e. The highest BCUT2D eigenvalue weighted by Crippen LogP contribution is 2.49. The second-order valence-electron chi connectivity index (χ2n) is 9.37. The maximum Gasteiger partial charge on any atom is 0.315 e. The van der Waals surface area contributed by atoms with Crippen LogP contribution >= 0.6 is 0 Å². The normalized spacial score (nSPS) is 21.6. The van der Waals surface area contributed by atoms with Crippen molar-refractivity contribution in [3.05, 3.63) is 77.1 Å². The van der Waals surface area contributed by atoms with Gasteiger partial charge in [-0.15, -0.1) is 0 Å². The second kappa shape index (κ2) is 10.5. The number of esters is 1.